The molecule has 1 radical (unpaired) electrons. The van der Waals surface area contributed by atoms with Gasteiger partial charge in [-0.25, -0.2) is 4.98 Å². The van der Waals surface area contributed by atoms with Gasteiger partial charge in [0.2, 0.25) is 5.91 Å². The van der Waals surface area contributed by atoms with Crippen LogP contribution >= 0.6 is 11.3 Å². The van der Waals surface area contributed by atoms with E-state index in [0.717, 1.165) is 10.7 Å². The van der Waals surface area contributed by atoms with Gasteiger partial charge >= 0.3 is 0 Å². The fraction of sp³-hybridized carbons (Fsp3) is 0.375. The van der Waals surface area contributed by atoms with Crippen molar-refractivity contribution in [2.24, 2.45) is 5.73 Å². The van der Waals surface area contributed by atoms with Crippen LogP contribution in [0.4, 0.5) is 0 Å². The largest absolute Gasteiger partial charge is 0.369 e. The molecular weight excluding hydrogens is 172 g/mol. The molecule has 0 saturated heterocycles. The topological polar surface area (TPSA) is 56.0 Å². The lowest BCUT2D eigenvalue weighted by molar-refractivity contribution is -0.114. The van der Waals surface area contributed by atoms with E-state index in [1.165, 1.54) is 30.6 Å². The minimum atomic E-state index is -0.424. The first-order chi connectivity index (χ1) is 5.75. The molecule has 1 aromatic heterocycles. The molecule has 12 heavy (non-hydrogen) atoms. The monoisotopic (exact) mass is 181 g/mol. The number of primary amides is 1. The first kappa shape index (κ1) is 7.73. The predicted molar refractivity (Wildman–Crippen MR) is 46.7 cm³/mol. The minimum Gasteiger partial charge on any atom is -0.369 e. The average molecular weight is 181 g/mol. The predicted octanol–water partition coefficient (Wildman–Crippen LogP) is 1.06. The lowest BCUT2D eigenvalue weighted by atomic mass is 10.3. The molecule has 3 nitrogen and oxygen atoms in total. The lowest BCUT2D eigenvalue weighted by Crippen LogP contribution is -2.11. The Labute approximate surface area is 74.6 Å². The molecule has 1 fully saturated rings. The zero-order chi connectivity index (χ0) is 8.55. The van der Waals surface area contributed by atoms with Crippen molar-refractivity contribution >= 4 is 17.2 Å². The quantitative estimate of drug-likeness (QED) is 0.758. The van der Waals surface area contributed by atoms with Crippen molar-refractivity contribution in [3.8, 4) is 0 Å². The zero-order valence-corrected chi connectivity index (χ0v) is 7.30. The highest BCUT2D eigenvalue weighted by atomic mass is 32.1. The molecule has 1 heterocycles. The van der Waals surface area contributed by atoms with Crippen LogP contribution in [0.3, 0.4) is 0 Å². The Kier molecular flexibility index (Phi) is 1.84. The number of hydrogen-bond acceptors (Lipinski definition) is 3. The summed E-state index contributed by atoms with van der Waals surface area (Å²) in [5.74, 6) is 0.225. The van der Waals surface area contributed by atoms with Gasteiger partial charge in [-0.15, -0.1) is 11.3 Å². The molecule has 1 saturated carbocycles. The summed E-state index contributed by atoms with van der Waals surface area (Å²) in [5.41, 5.74) is 6.12. The molecule has 2 rings (SSSR count). The van der Waals surface area contributed by atoms with E-state index < -0.39 is 5.91 Å². The van der Waals surface area contributed by atoms with E-state index in [9.17, 15) is 4.79 Å². The summed E-state index contributed by atoms with van der Waals surface area (Å²) in [5, 5.41) is 2.73. The molecule has 1 amide bonds. The smallest absolute Gasteiger partial charge is 0.228 e. The van der Waals surface area contributed by atoms with E-state index in [1.807, 2.05) is 5.38 Å². The van der Waals surface area contributed by atoms with Crippen molar-refractivity contribution in [1.82, 2.24) is 4.98 Å². The standard InChI is InChI=1S/C8H9N2OS/c9-7(11)3-8-10-6(4-12-8)5-1-2-5/h3-5H,1-2H2,(H2,9,11). The van der Waals surface area contributed by atoms with E-state index in [-0.39, 0.29) is 0 Å². The highest BCUT2D eigenvalue weighted by Gasteiger charge is 2.26. The number of aromatic nitrogens is 1. The fourth-order valence-electron chi connectivity index (χ4n) is 1.06. The summed E-state index contributed by atoms with van der Waals surface area (Å²) < 4.78 is 0. The number of hydrogen-bond donors (Lipinski definition) is 1. The second kappa shape index (κ2) is 2.86. The molecular formula is C8H9N2OS. The van der Waals surface area contributed by atoms with Crippen LogP contribution in [0.15, 0.2) is 5.38 Å². The Bertz CT molecular complexity index is 304. The Morgan fingerprint density at radius 3 is 3.08 bits per heavy atom. The summed E-state index contributed by atoms with van der Waals surface area (Å²) in [6.07, 6.45) is 3.84. The van der Waals surface area contributed by atoms with Crippen molar-refractivity contribution in [3.05, 3.63) is 22.5 Å². The highest BCUT2D eigenvalue weighted by molar-refractivity contribution is 7.10. The number of nitrogens with two attached hydrogens (primary N) is 1. The van der Waals surface area contributed by atoms with E-state index in [4.69, 9.17) is 5.73 Å². The van der Waals surface area contributed by atoms with Crippen LogP contribution in [0.2, 0.25) is 0 Å². The normalized spacial score (nSPS) is 16.3. The number of amides is 1. The Balaban J connectivity index is 2.07. The van der Waals surface area contributed by atoms with Crippen LogP contribution in [-0.2, 0) is 4.79 Å². The maximum absolute atomic E-state index is 10.5. The first-order valence-electron chi connectivity index (χ1n) is 3.85. The van der Waals surface area contributed by atoms with Gasteiger partial charge in [0.15, 0.2) is 0 Å². The van der Waals surface area contributed by atoms with E-state index in [0.29, 0.717) is 5.92 Å². The number of carbonyl (C=O) groups is 1. The summed E-state index contributed by atoms with van der Waals surface area (Å²) >= 11 is 1.48. The van der Waals surface area contributed by atoms with Crippen molar-refractivity contribution < 1.29 is 4.79 Å². The molecule has 1 aliphatic rings. The van der Waals surface area contributed by atoms with Crippen molar-refractivity contribution in [2.75, 3.05) is 0 Å². The molecule has 0 aliphatic heterocycles. The van der Waals surface area contributed by atoms with Gasteiger partial charge in [-0.1, -0.05) is 0 Å². The van der Waals surface area contributed by atoms with Crippen LogP contribution in [0.1, 0.15) is 29.5 Å². The second-order valence-electron chi connectivity index (χ2n) is 2.93. The molecule has 1 aliphatic carbocycles. The third-order valence-electron chi connectivity index (χ3n) is 1.80. The fourth-order valence-corrected chi connectivity index (χ4v) is 1.88. The number of thiazole rings is 1. The SMILES string of the molecule is NC(=O)[CH]c1nc(C2CC2)cs1. The first-order valence-corrected chi connectivity index (χ1v) is 4.73. The molecule has 2 N–H and O–H groups in total. The van der Waals surface area contributed by atoms with Crippen LogP contribution in [0.25, 0.3) is 0 Å². The maximum Gasteiger partial charge on any atom is 0.228 e. The van der Waals surface area contributed by atoms with Gasteiger partial charge in [0.25, 0.3) is 0 Å². The van der Waals surface area contributed by atoms with Gasteiger partial charge in [0.05, 0.1) is 5.69 Å². The molecule has 0 aromatic carbocycles. The van der Waals surface area contributed by atoms with Gasteiger partial charge in [0, 0.05) is 11.3 Å². The number of nitrogens with zero attached hydrogens (tertiary/aromatic N) is 1. The van der Waals surface area contributed by atoms with Crippen molar-refractivity contribution in [1.29, 1.82) is 0 Å². The Morgan fingerprint density at radius 1 is 1.75 bits per heavy atom. The van der Waals surface area contributed by atoms with Gasteiger partial charge in [-0.05, 0) is 12.8 Å². The van der Waals surface area contributed by atoms with Gasteiger partial charge in [-0.3, -0.25) is 4.79 Å². The molecule has 0 spiro atoms. The van der Waals surface area contributed by atoms with Crippen LogP contribution < -0.4 is 5.73 Å². The molecule has 1 aromatic rings. The molecule has 0 atom stereocenters. The molecule has 0 unspecified atom stereocenters. The van der Waals surface area contributed by atoms with E-state index in [2.05, 4.69) is 4.98 Å². The van der Waals surface area contributed by atoms with Crippen LogP contribution in [0.5, 0.6) is 0 Å². The summed E-state index contributed by atoms with van der Waals surface area (Å²) in [7, 11) is 0. The zero-order valence-electron chi connectivity index (χ0n) is 6.49. The lowest BCUT2D eigenvalue weighted by Gasteiger charge is -1.87. The number of rotatable bonds is 3. The maximum atomic E-state index is 10.5. The Hall–Kier alpha value is -0.900. The van der Waals surface area contributed by atoms with Gasteiger partial charge in [-0.2, -0.15) is 0 Å². The average Bonchev–Trinajstić information content (AvgIpc) is 2.73. The van der Waals surface area contributed by atoms with Crippen LogP contribution in [0, 0.1) is 6.42 Å². The van der Waals surface area contributed by atoms with Crippen molar-refractivity contribution in [3.63, 3.8) is 0 Å². The van der Waals surface area contributed by atoms with Gasteiger partial charge < -0.3 is 5.73 Å². The summed E-state index contributed by atoms with van der Waals surface area (Å²) in [6, 6.07) is 0. The second-order valence-corrected chi connectivity index (χ2v) is 3.82. The highest BCUT2D eigenvalue weighted by Crippen LogP contribution is 2.40. The number of carbonyl (C=O) groups excluding carboxylic acids is 1. The molecule has 63 valence electrons. The molecule has 0 bridgehead atoms. The Morgan fingerprint density at radius 2 is 2.50 bits per heavy atom. The minimum absolute atomic E-state index is 0.424. The third-order valence-corrected chi connectivity index (χ3v) is 2.61. The summed E-state index contributed by atoms with van der Waals surface area (Å²) in [6.45, 7) is 0. The van der Waals surface area contributed by atoms with Gasteiger partial charge in [0.1, 0.15) is 11.4 Å². The van der Waals surface area contributed by atoms with Crippen molar-refractivity contribution in [2.45, 2.75) is 18.8 Å². The third kappa shape index (κ3) is 1.64. The van der Waals surface area contributed by atoms with E-state index in [1.54, 1.807) is 0 Å². The van der Waals surface area contributed by atoms with E-state index >= 15 is 0 Å². The molecule has 4 heteroatoms. The summed E-state index contributed by atoms with van der Waals surface area (Å²) in [4.78, 5) is 14.8. The van der Waals surface area contributed by atoms with Crippen LogP contribution in [-0.4, -0.2) is 10.9 Å².